The van der Waals surface area contributed by atoms with E-state index in [0.29, 0.717) is 18.1 Å². The van der Waals surface area contributed by atoms with Crippen LogP contribution in [0.4, 0.5) is 0 Å². The Kier molecular flexibility index (Phi) is 4.69. The Labute approximate surface area is 157 Å². The summed E-state index contributed by atoms with van der Waals surface area (Å²) < 4.78 is 6.83. The molecule has 26 heavy (non-hydrogen) atoms. The maximum Gasteiger partial charge on any atom is 0.305 e. The van der Waals surface area contributed by atoms with Gasteiger partial charge in [-0.25, -0.2) is 4.98 Å². The number of fused-ring (bicyclic) bond motifs is 1. The van der Waals surface area contributed by atoms with E-state index in [4.69, 9.17) is 9.52 Å². The number of carboxylic acid groups (broad SMARTS) is 1. The van der Waals surface area contributed by atoms with E-state index in [9.17, 15) is 9.59 Å². The van der Waals surface area contributed by atoms with Crippen molar-refractivity contribution in [3.05, 3.63) is 42.2 Å². The third-order valence-electron chi connectivity index (χ3n) is 4.22. The highest BCUT2D eigenvalue weighted by Gasteiger charge is 2.31. The number of carbonyl (C=O) groups is 2. The van der Waals surface area contributed by atoms with E-state index >= 15 is 0 Å². The topological polar surface area (TPSA) is 83.6 Å². The lowest BCUT2D eigenvalue weighted by atomic mass is 10.2. The minimum atomic E-state index is -0.898. The molecule has 2 aromatic heterocycles. The van der Waals surface area contributed by atoms with E-state index in [1.54, 1.807) is 28.8 Å². The Morgan fingerprint density at radius 1 is 1.27 bits per heavy atom. The monoisotopic (exact) mass is 388 g/mol. The lowest BCUT2D eigenvalue weighted by molar-refractivity contribution is -0.138. The number of benzene rings is 1. The fourth-order valence-electron chi connectivity index (χ4n) is 2.98. The molecule has 0 spiro atoms. The molecule has 0 radical (unpaired) electrons. The summed E-state index contributed by atoms with van der Waals surface area (Å²) in [5.41, 5.74) is 0.895. The standard InChI is InChI=1S/C18H16N2O4S2/c21-16(22)9-11-10-25-8-7-20(11)18(23)14-6-5-13(24-14)17-19-12-3-1-2-4-15(12)26-17/h1-6,11H,7-10H2,(H,21,22). The van der Waals surface area contributed by atoms with Crippen molar-refractivity contribution in [2.45, 2.75) is 12.5 Å². The molecule has 3 heterocycles. The molecule has 1 aliphatic rings. The molecule has 1 saturated heterocycles. The highest BCUT2D eigenvalue weighted by molar-refractivity contribution is 7.99. The molecule has 1 unspecified atom stereocenters. The molecule has 134 valence electrons. The zero-order valence-electron chi connectivity index (χ0n) is 13.8. The van der Waals surface area contributed by atoms with Crippen molar-refractivity contribution in [2.75, 3.05) is 18.1 Å². The van der Waals surface area contributed by atoms with Crippen LogP contribution >= 0.6 is 23.1 Å². The van der Waals surface area contributed by atoms with Gasteiger partial charge in [0.25, 0.3) is 5.91 Å². The summed E-state index contributed by atoms with van der Waals surface area (Å²) in [5, 5.41) is 9.80. The Balaban J connectivity index is 1.58. The molecule has 8 heteroatoms. The molecular formula is C18H16N2O4S2. The van der Waals surface area contributed by atoms with Crippen molar-refractivity contribution in [1.82, 2.24) is 9.88 Å². The SMILES string of the molecule is O=C(O)CC1CSCCN1C(=O)c1ccc(-c2nc3ccccc3s2)o1. The number of hydrogen-bond donors (Lipinski definition) is 1. The van der Waals surface area contributed by atoms with Crippen LogP contribution in [0, 0.1) is 0 Å². The fraction of sp³-hybridized carbons (Fsp3) is 0.278. The molecule has 0 aliphatic carbocycles. The predicted molar refractivity (Wildman–Crippen MR) is 102 cm³/mol. The summed E-state index contributed by atoms with van der Waals surface area (Å²) in [6, 6.07) is 10.9. The number of thiazole rings is 1. The number of carboxylic acids is 1. The lowest BCUT2D eigenvalue weighted by Crippen LogP contribution is -2.47. The van der Waals surface area contributed by atoms with Crippen molar-refractivity contribution in [1.29, 1.82) is 0 Å². The molecule has 0 saturated carbocycles. The van der Waals surface area contributed by atoms with E-state index in [1.807, 2.05) is 24.3 Å². The maximum atomic E-state index is 12.8. The molecule has 6 nitrogen and oxygen atoms in total. The van der Waals surface area contributed by atoms with Gasteiger partial charge in [0.2, 0.25) is 0 Å². The first-order valence-electron chi connectivity index (χ1n) is 8.18. The van der Waals surface area contributed by atoms with Gasteiger partial charge in [0.05, 0.1) is 22.7 Å². The normalized spacial score (nSPS) is 17.5. The highest BCUT2D eigenvalue weighted by atomic mass is 32.2. The Morgan fingerprint density at radius 2 is 2.12 bits per heavy atom. The summed E-state index contributed by atoms with van der Waals surface area (Å²) in [6.45, 7) is 0.526. The number of hydrogen-bond acceptors (Lipinski definition) is 6. The largest absolute Gasteiger partial charge is 0.481 e. The molecular weight excluding hydrogens is 372 g/mol. The Hall–Kier alpha value is -2.32. The number of nitrogens with zero attached hydrogens (tertiary/aromatic N) is 2. The first-order chi connectivity index (χ1) is 12.6. The molecule has 1 fully saturated rings. The zero-order chi connectivity index (χ0) is 18.1. The minimum absolute atomic E-state index is 0.0514. The third-order valence-corrected chi connectivity index (χ3v) is 6.36. The molecule has 1 atom stereocenters. The van der Waals surface area contributed by atoms with Gasteiger partial charge < -0.3 is 14.4 Å². The second kappa shape index (κ2) is 7.13. The first kappa shape index (κ1) is 17.1. The van der Waals surface area contributed by atoms with Crippen molar-refractivity contribution in [3.8, 4) is 10.8 Å². The van der Waals surface area contributed by atoms with Crippen LogP contribution in [0.25, 0.3) is 21.0 Å². The number of furan rings is 1. The second-order valence-electron chi connectivity index (χ2n) is 5.98. The number of aromatic nitrogens is 1. The lowest BCUT2D eigenvalue weighted by Gasteiger charge is -2.33. The summed E-state index contributed by atoms with van der Waals surface area (Å²) in [7, 11) is 0. The maximum absolute atomic E-state index is 12.8. The smallest absolute Gasteiger partial charge is 0.305 e. The van der Waals surface area contributed by atoms with Gasteiger partial charge in [-0.15, -0.1) is 11.3 Å². The van der Waals surface area contributed by atoms with Gasteiger partial charge in [0.1, 0.15) is 0 Å². The summed E-state index contributed by atoms with van der Waals surface area (Å²) in [5.74, 6) is 1.04. The molecule has 1 aliphatic heterocycles. The van der Waals surface area contributed by atoms with Crippen LogP contribution in [0.5, 0.6) is 0 Å². The van der Waals surface area contributed by atoms with Crippen LogP contribution < -0.4 is 0 Å². The van der Waals surface area contributed by atoms with Gasteiger partial charge in [-0.05, 0) is 24.3 Å². The molecule has 1 aromatic carbocycles. The zero-order valence-corrected chi connectivity index (χ0v) is 15.4. The number of aliphatic carboxylic acids is 1. The van der Waals surface area contributed by atoms with Gasteiger partial charge in [-0.3, -0.25) is 9.59 Å². The van der Waals surface area contributed by atoms with Gasteiger partial charge >= 0.3 is 5.97 Å². The predicted octanol–water partition coefficient (Wildman–Crippen LogP) is 3.59. The summed E-state index contributed by atoms with van der Waals surface area (Å²) in [4.78, 5) is 30.0. The molecule has 1 N–H and O–H groups in total. The highest BCUT2D eigenvalue weighted by Crippen LogP contribution is 2.32. The van der Waals surface area contributed by atoms with Crippen molar-refractivity contribution in [2.24, 2.45) is 0 Å². The van der Waals surface area contributed by atoms with Crippen LogP contribution in [-0.4, -0.2) is 51.0 Å². The van der Waals surface area contributed by atoms with E-state index in [-0.39, 0.29) is 24.1 Å². The van der Waals surface area contributed by atoms with E-state index in [2.05, 4.69) is 4.98 Å². The van der Waals surface area contributed by atoms with Crippen molar-refractivity contribution >= 4 is 45.2 Å². The van der Waals surface area contributed by atoms with E-state index in [0.717, 1.165) is 21.0 Å². The Bertz CT molecular complexity index is 932. The van der Waals surface area contributed by atoms with E-state index < -0.39 is 5.97 Å². The minimum Gasteiger partial charge on any atom is -0.481 e. The van der Waals surface area contributed by atoms with Crippen molar-refractivity contribution < 1.29 is 19.1 Å². The van der Waals surface area contributed by atoms with Gasteiger partial charge in [0.15, 0.2) is 16.5 Å². The summed E-state index contributed by atoms with van der Waals surface area (Å²) >= 11 is 3.18. The quantitative estimate of drug-likeness (QED) is 0.735. The molecule has 3 aromatic rings. The van der Waals surface area contributed by atoms with Crippen molar-refractivity contribution in [3.63, 3.8) is 0 Å². The van der Waals surface area contributed by atoms with Crippen LogP contribution in [0.15, 0.2) is 40.8 Å². The first-order valence-corrected chi connectivity index (χ1v) is 10.2. The average Bonchev–Trinajstić information content (AvgIpc) is 3.28. The number of carbonyl (C=O) groups excluding carboxylic acids is 1. The van der Waals surface area contributed by atoms with Crippen LogP contribution in [0.3, 0.4) is 0 Å². The van der Waals surface area contributed by atoms with Crippen LogP contribution in [0.2, 0.25) is 0 Å². The molecule has 4 rings (SSSR count). The third kappa shape index (κ3) is 3.34. The van der Waals surface area contributed by atoms with Crippen LogP contribution in [0.1, 0.15) is 17.0 Å². The van der Waals surface area contributed by atoms with E-state index in [1.165, 1.54) is 11.3 Å². The fourth-order valence-corrected chi connectivity index (χ4v) is 4.97. The van der Waals surface area contributed by atoms with Crippen LogP contribution in [-0.2, 0) is 4.79 Å². The number of thioether (sulfide) groups is 1. The number of amides is 1. The van der Waals surface area contributed by atoms with Gasteiger partial charge in [-0.2, -0.15) is 11.8 Å². The van der Waals surface area contributed by atoms with Gasteiger partial charge in [0, 0.05) is 18.1 Å². The molecule has 0 bridgehead atoms. The number of para-hydroxylation sites is 1. The second-order valence-corrected chi connectivity index (χ2v) is 8.16. The summed E-state index contributed by atoms with van der Waals surface area (Å²) in [6.07, 6.45) is -0.0514. The molecule has 1 amide bonds. The number of rotatable bonds is 4. The average molecular weight is 388 g/mol. The van der Waals surface area contributed by atoms with Gasteiger partial charge in [-0.1, -0.05) is 12.1 Å². The Morgan fingerprint density at radius 3 is 2.92 bits per heavy atom.